The van der Waals surface area contributed by atoms with Gasteiger partial charge >= 0.3 is 0 Å². The highest BCUT2D eigenvalue weighted by molar-refractivity contribution is 14.0. The highest BCUT2D eigenvalue weighted by Crippen LogP contribution is 1.99. The summed E-state index contributed by atoms with van der Waals surface area (Å²) in [6.07, 6.45) is 1.19. The third kappa shape index (κ3) is 14.0. The molecule has 2 N–H and O–H groups in total. The zero-order valence-corrected chi connectivity index (χ0v) is 17.9. The number of aliphatic imine (C=N–C) groups is 1. The van der Waals surface area contributed by atoms with Crippen molar-refractivity contribution in [3.8, 4) is 0 Å². The molecule has 0 saturated heterocycles. The first-order valence-corrected chi connectivity index (χ1v) is 9.89. The topological polar surface area (TPSA) is 89.0 Å². The molecule has 0 fully saturated rings. The molecule has 1 rings (SSSR count). The van der Waals surface area contributed by atoms with Gasteiger partial charge in [0.15, 0.2) is 5.96 Å². The fourth-order valence-corrected chi connectivity index (χ4v) is 2.20. The fraction of sp³-hybridized carbons (Fsp3) is 0.562. The first-order chi connectivity index (χ1) is 11.5. The minimum Gasteiger partial charge on any atom is -0.379 e. The van der Waals surface area contributed by atoms with Crippen LogP contribution in [-0.2, 0) is 25.9 Å². The van der Waals surface area contributed by atoms with Crippen molar-refractivity contribution in [1.29, 1.82) is 0 Å². The molecular formula is C16H28IN3O4S. The summed E-state index contributed by atoms with van der Waals surface area (Å²) in [5.74, 6) is 0.698. The third-order valence-corrected chi connectivity index (χ3v) is 3.92. The van der Waals surface area contributed by atoms with E-state index in [1.807, 2.05) is 30.3 Å². The van der Waals surface area contributed by atoms with Crippen LogP contribution < -0.4 is 10.6 Å². The molecule has 0 aliphatic carbocycles. The van der Waals surface area contributed by atoms with Gasteiger partial charge in [-0.05, 0) is 5.56 Å². The quantitative estimate of drug-likeness (QED) is 0.211. The lowest BCUT2D eigenvalue weighted by atomic mass is 10.2. The van der Waals surface area contributed by atoms with Crippen molar-refractivity contribution in [3.05, 3.63) is 35.9 Å². The fourth-order valence-electron chi connectivity index (χ4n) is 1.78. The van der Waals surface area contributed by atoms with E-state index >= 15 is 0 Å². The van der Waals surface area contributed by atoms with Gasteiger partial charge < -0.3 is 20.1 Å². The van der Waals surface area contributed by atoms with Crippen molar-refractivity contribution in [2.24, 2.45) is 4.99 Å². The number of nitrogens with zero attached hydrogens (tertiary/aromatic N) is 1. The number of benzene rings is 1. The Morgan fingerprint density at radius 1 is 1.04 bits per heavy atom. The normalized spacial score (nSPS) is 11.7. The summed E-state index contributed by atoms with van der Waals surface area (Å²) in [5, 5.41) is 6.22. The third-order valence-electron chi connectivity index (χ3n) is 3.01. The van der Waals surface area contributed by atoms with E-state index in [9.17, 15) is 8.42 Å². The maximum absolute atomic E-state index is 10.9. The van der Waals surface area contributed by atoms with Crippen LogP contribution in [-0.4, -0.2) is 66.3 Å². The van der Waals surface area contributed by atoms with Crippen LogP contribution in [0.3, 0.4) is 0 Å². The average molecular weight is 485 g/mol. The van der Waals surface area contributed by atoms with Crippen LogP contribution in [0, 0.1) is 0 Å². The maximum atomic E-state index is 10.9. The van der Waals surface area contributed by atoms with Gasteiger partial charge in [0, 0.05) is 26.4 Å². The Kier molecular flexibility index (Phi) is 13.8. The highest BCUT2D eigenvalue weighted by atomic mass is 127. The Labute approximate surface area is 167 Å². The number of halogens is 1. The summed E-state index contributed by atoms with van der Waals surface area (Å²) in [6.45, 7) is 2.97. The van der Waals surface area contributed by atoms with E-state index in [2.05, 4.69) is 15.6 Å². The van der Waals surface area contributed by atoms with Gasteiger partial charge in [0.25, 0.3) is 0 Å². The van der Waals surface area contributed by atoms with E-state index in [-0.39, 0.29) is 36.3 Å². The summed E-state index contributed by atoms with van der Waals surface area (Å²) in [7, 11) is -1.28. The van der Waals surface area contributed by atoms with Crippen molar-refractivity contribution in [1.82, 2.24) is 10.6 Å². The van der Waals surface area contributed by atoms with E-state index < -0.39 is 9.84 Å². The van der Waals surface area contributed by atoms with Gasteiger partial charge in [0.2, 0.25) is 0 Å². The van der Waals surface area contributed by atoms with Crippen LogP contribution in [0.15, 0.2) is 35.3 Å². The molecule has 0 heterocycles. The maximum Gasteiger partial charge on any atom is 0.191 e. The molecule has 0 spiro atoms. The second-order valence-corrected chi connectivity index (χ2v) is 7.47. The molecule has 0 aliphatic heterocycles. The molecule has 0 atom stereocenters. The van der Waals surface area contributed by atoms with E-state index in [0.29, 0.717) is 38.9 Å². The van der Waals surface area contributed by atoms with Gasteiger partial charge in [-0.15, -0.1) is 24.0 Å². The summed E-state index contributed by atoms with van der Waals surface area (Å²) in [5.41, 5.74) is 1.14. The van der Waals surface area contributed by atoms with Crippen molar-refractivity contribution in [2.45, 2.75) is 6.61 Å². The molecule has 0 aliphatic rings. The molecule has 1 aromatic rings. The van der Waals surface area contributed by atoms with Gasteiger partial charge in [-0.2, -0.15) is 0 Å². The number of hydrogen-bond acceptors (Lipinski definition) is 5. The molecule has 0 aromatic heterocycles. The minimum absolute atomic E-state index is 0. The lowest BCUT2D eigenvalue weighted by Crippen LogP contribution is -2.40. The Balaban J connectivity index is 0.00000576. The van der Waals surface area contributed by atoms with Crippen molar-refractivity contribution < 1.29 is 17.9 Å². The van der Waals surface area contributed by atoms with E-state index in [4.69, 9.17) is 9.47 Å². The highest BCUT2D eigenvalue weighted by Gasteiger charge is 2.01. The molecule has 0 unspecified atom stereocenters. The molecule has 0 saturated carbocycles. The zero-order valence-electron chi connectivity index (χ0n) is 14.7. The van der Waals surface area contributed by atoms with Crippen molar-refractivity contribution in [2.75, 3.05) is 52.0 Å². The lowest BCUT2D eigenvalue weighted by molar-refractivity contribution is 0.125. The van der Waals surface area contributed by atoms with Crippen LogP contribution in [0.25, 0.3) is 0 Å². The minimum atomic E-state index is -2.97. The molecule has 9 heteroatoms. The van der Waals surface area contributed by atoms with Crippen molar-refractivity contribution >= 4 is 39.8 Å². The van der Waals surface area contributed by atoms with Gasteiger partial charge in [0.1, 0.15) is 9.84 Å². The predicted molar refractivity (Wildman–Crippen MR) is 111 cm³/mol. The summed E-state index contributed by atoms with van der Waals surface area (Å²) in [6, 6.07) is 10.0. The number of hydrogen-bond donors (Lipinski definition) is 2. The first-order valence-electron chi connectivity index (χ1n) is 7.83. The van der Waals surface area contributed by atoms with E-state index in [1.165, 1.54) is 6.26 Å². The van der Waals surface area contributed by atoms with Crippen LogP contribution in [0.2, 0.25) is 0 Å². The molecule has 0 bridgehead atoms. The van der Waals surface area contributed by atoms with E-state index in [0.717, 1.165) is 5.56 Å². The SMILES string of the molecule is CN=C(NCCOCCS(C)(=O)=O)NCCOCc1ccccc1.I. The molecule has 0 radical (unpaired) electrons. The number of ether oxygens (including phenoxy) is 2. The van der Waals surface area contributed by atoms with Crippen molar-refractivity contribution in [3.63, 3.8) is 0 Å². The Hall–Kier alpha value is -0.910. The number of nitrogens with one attached hydrogen (secondary N) is 2. The summed E-state index contributed by atoms with van der Waals surface area (Å²) >= 11 is 0. The average Bonchev–Trinajstić information content (AvgIpc) is 2.55. The standard InChI is InChI=1S/C16H27N3O4S.HI/c1-17-16(18-8-10-22-12-13-24(2,20)21)19-9-11-23-14-15-6-4-3-5-7-15;/h3-7H,8-14H2,1-2H3,(H2,17,18,19);1H. The van der Waals surface area contributed by atoms with Gasteiger partial charge in [-0.3, -0.25) is 4.99 Å². The Morgan fingerprint density at radius 2 is 1.64 bits per heavy atom. The van der Waals surface area contributed by atoms with E-state index in [1.54, 1.807) is 7.05 Å². The zero-order chi connectivity index (χ0) is 17.7. The van der Waals surface area contributed by atoms with Gasteiger partial charge in [-0.25, -0.2) is 8.42 Å². The Bertz CT molecular complexity index is 582. The van der Waals surface area contributed by atoms with Gasteiger partial charge in [0.05, 0.1) is 32.2 Å². The predicted octanol–water partition coefficient (Wildman–Crippen LogP) is 1.05. The molecule has 25 heavy (non-hydrogen) atoms. The van der Waals surface area contributed by atoms with Crippen LogP contribution in [0.5, 0.6) is 0 Å². The van der Waals surface area contributed by atoms with Crippen LogP contribution in [0.1, 0.15) is 5.56 Å². The lowest BCUT2D eigenvalue weighted by Gasteiger charge is -2.12. The summed E-state index contributed by atoms with van der Waals surface area (Å²) < 4.78 is 32.7. The molecule has 144 valence electrons. The smallest absolute Gasteiger partial charge is 0.191 e. The summed E-state index contributed by atoms with van der Waals surface area (Å²) in [4.78, 5) is 4.09. The van der Waals surface area contributed by atoms with Crippen LogP contribution in [0.4, 0.5) is 0 Å². The van der Waals surface area contributed by atoms with Crippen LogP contribution >= 0.6 is 24.0 Å². The number of rotatable bonds is 11. The second kappa shape index (κ2) is 14.3. The second-order valence-electron chi connectivity index (χ2n) is 5.21. The number of guanidine groups is 1. The molecule has 7 nitrogen and oxygen atoms in total. The molecule has 1 aromatic carbocycles. The molecule has 0 amide bonds. The largest absolute Gasteiger partial charge is 0.379 e. The Morgan fingerprint density at radius 3 is 2.20 bits per heavy atom. The monoisotopic (exact) mass is 485 g/mol. The first kappa shape index (κ1) is 24.1. The number of sulfone groups is 1. The van der Waals surface area contributed by atoms with Gasteiger partial charge in [-0.1, -0.05) is 30.3 Å². The molecular weight excluding hydrogens is 457 g/mol.